The molecule has 78 valence electrons. The average molecular weight is 200 g/mol. The minimum absolute atomic E-state index is 0.264. The van der Waals surface area contributed by atoms with Crippen LogP contribution in [0.4, 0.5) is 5.69 Å². The molecule has 1 heterocycles. The van der Waals surface area contributed by atoms with Crippen molar-refractivity contribution in [3.8, 4) is 6.07 Å². The summed E-state index contributed by atoms with van der Waals surface area (Å²) < 4.78 is 0. The van der Waals surface area contributed by atoms with Crippen molar-refractivity contribution in [1.29, 1.82) is 5.26 Å². The highest BCUT2D eigenvalue weighted by Crippen LogP contribution is 2.27. The zero-order valence-corrected chi connectivity index (χ0v) is 9.30. The van der Waals surface area contributed by atoms with Crippen LogP contribution in [0.25, 0.3) is 0 Å². The molecule has 1 aromatic carbocycles. The Morgan fingerprint density at radius 3 is 3.00 bits per heavy atom. The van der Waals surface area contributed by atoms with Gasteiger partial charge in [-0.25, -0.2) is 0 Å². The standard InChI is InChI=1S/C13H16N2/c1-13(2,9-14)8-10-3-4-12-11(7-10)5-6-15-12/h3-4,7,15H,5-6,8H2,1-2H3. The Labute approximate surface area is 90.9 Å². The van der Waals surface area contributed by atoms with Crippen LogP contribution in [0, 0.1) is 16.7 Å². The Kier molecular flexibility index (Phi) is 2.40. The van der Waals surface area contributed by atoms with Crippen LogP contribution in [0.3, 0.4) is 0 Å². The third-order valence-electron chi connectivity index (χ3n) is 2.83. The van der Waals surface area contributed by atoms with E-state index in [1.54, 1.807) is 0 Å². The van der Waals surface area contributed by atoms with E-state index in [1.165, 1.54) is 16.8 Å². The minimum Gasteiger partial charge on any atom is -0.384 e. The van der Waals surface area contributed by atoms with Crippen LogP contribution in [-0.2, 0) is 12.8 Å². The topological polar surface area (TPSA) is 35.8 Å². The SMILES string of the molecule is CC(C)(C#N)Cc1ccc2c(c1)CCN2. The summed E-state index contributed by atoms with van der Waals surface area (Å²) in [5.41, 5.74) is 3.65. The van der Waals surface area contributed by atoms with Crippen molar-refractivity contribution in [2.24, 2.45) is 5.41 Å². The summed E-state index contributed by atoms with van der Waals surface area (Å²) >= 11 is 0. The molecule has 1 aliphatic rings. The molecule has 0 bridgehead atoms. The summed E-state index contributed by atoms with van der Waals surface area (Å²) in [4.78, 5) is 0. The first-order valence-electron chi connectivity index (χ1n) is 5.38. The molecule has 1 aromatic rings. The number of nitrogens with one attached hydrogen (secondary N) is 1. The highest BCUT2D eigenvalue weighted by molar-refractivity contribution is 5.56. The second-order valence-corrected chi connectivity index (χ2v) is 4.84. The summed E-state index contributed by atoms with van der Waals surface area (Å²) in [5.74, 6) is 0. The van der Waals surface area contributed by atoms with Crippen LogP contribution in [0.15, 0.2) is 18.2 Å². The van der Waals surface area contributed by atoms with Gasteiger partial charge < -0.3 is 5.32 Å². The van der Waals surface area contributed by atoms with Gasteiger partial charge in [-0.05, 0) is 43.9 Å². The summed E-state index contributed by atoms with van der Waals surface area (Å²) in [6, 6.07) is 8.82. The summed E-state index contributed by atoms with van der Waals surface area (Å²) in [5, 5.41) is 12.3. The number of hydrogen-bond acceptors (Lipinski definition) is 2. The van der Waals surface area contributed by atoms with Gasteiger partial charge in [0.05, 0.1) is 11.5 Å². The highest BCUT2D eigenvalue weighted by atomic mass is 14.9. The van der Waals surface area contributed by atoms with E-state index in [0.29, 0.717) is 0 Å². The van der Waals surface area contributed by atoms with Gasteiger partial charge in [-0.2, -0.15) is 5.26 Å². The van der Waals surface area contributed by atoms with E-state index in [0.717, 1.165) is 19.4 Å². The molecule has 2 nitrogen and oxygen atoms in total. The number of anilines is 1. The second kappa shape index (κ2) is 3.58. The lowest BCUT2D eigenvalue weighted by atomic mass is 9.87. The third-order valence-corrected chi connectivity index (χ3v) is 2.83. The number of benzene rings is 1. The monoisotopic (exact) mass is 200 g/mol. The zero-order valence-electron chi connectivity index (χ0n) is 9.30. The first kappa shape index (κ1) is 10.0. The molecule has 0 amide bonds. The number of rotatable bonds is 2. The average Bonchev–Trinajstić information content (AvgIpc) is 2.64. The minimum atomic E-state index is -0.264. The first-order valence-corrected chi connectivity index (χ1v) is 5.38. The van der Waals surface area contributed by atoms with Crippen molar-refractivity contribution in [3.63, 3.8) is 0 Å². The second-order valence-electron chi connectivity index (χ2n) is 4.84. The van der Waals surface area contributed by atoms with Crippen molar-refractivity contribution in [3.05, 3.63) is 29.3 Å². The van der Waals surface area contributed by atoms with Crippen LogP contribution in [-0.4, -0.2) is 6.54 Å². The molecule has 0 aromatic heterocycles. The maximum atomic E-state index is 8.99. The molecule has 0 atom stereocenters. The van der Waals surface area contributed by atoms with Gasteiger partial charge in [0.15, 0.2) is 0 Å². The summed E-state index contributed by atoms with van der Waals surface area (Å²) in [6.07, 6.45) is 1.94. The predicted octanol–water partition coefficient (Wildman–Crippen LogP) is 2.75. The third kappa shape index (κ3) is 2.12. The molecular weight excluding hydrogens is 184 g/mol. The highest BCUT2D eigenvalue weighted by Gasteiger charge is 2.18. The van der Waals surface area contributed by atoms with Gasteiger partial charge in [-0.1, -0.05) is 12.1 Å². The summed E-state index contributed by atoms with van der Waals surface area (Å²) in [7, 11) is 0. The molecule has 0 fully saturated rings. The molecule has 0 radical (unpaired) electrons. The van der Waals surface area contributed by atoms with Crippen LogP contribution >= 0.6 is 0 Å². The van der Waals surface area contributed by atoms with Crippen molar-refractivity contribution in [2.45, 2.75) is 26.7 Å². The first-order chi connectivity index (χ1) is 7.11. The van der Waals surface area contributed by atoms with E-state index in [9.17, 15) is 0 Å². The molecule has 15 heavy (non-hydrogen) atoms. The number of nitrogens with zero attached hydrogens (tertiary/aromatic N) is 1. The quantitative estimate of drug-likeness (QED) is 0.796. The fourth-order valence-corrected chi connectivity index (χ4v) is 2.02. The van der Waals surface area contributed by atoms with E-state index in [2.05, 4.69) is 29.6 Å². The van der Waals surface area contributed by atoms with Gasteiger partial charge in [-0.15, -0.1) is 0 Å². The molecular formula is C13H16N2. The Bertz CT molecular complexity index is 413. The lowest BCUT2D eigenvalue weighted by Gasteiger charge is -2.15. The molecule has 0 saturated heterocycles. The molecule has 1 aliphatic heterocycles. The van der Waals surface area contributed by atoms with Crippen molar-refractivity contribution < 1.29 is 0 Å². The Morgan fingerprint density at radius 2 is 2.27 bits per heavy atom. The summed E-state index contributed by atoms with van der Waals surface area (Å²) in [6.45, 7) is 5.01. The van der Waals surface area contributed by atoms with E-state index in [1.807, 2.05) is 13.8 Å². The van der Waals surface area contributed by atoms with E-state index in [-0.39, 0.29) is 5.41 Å². The number of hydrogen-bond donors (Lipinski definition) is 1. The van der Waals surface area contributed by atoms with Crippen LogP contribution in [0.2, 0.25) is 0 Å². The van der Waals surface area contributed by atoms with Gasteiger partial charge in [0, 0.05) is 12.2 Å². The molecule has 0 aliphatic carbocycles. The zero-order chi connectivity index (χ0) is 10.9. The maximum Gasteiger partial charge on any atom is 0.0687 e. The maximum absolute atomic E-state index is 8.99. The van der Waals surface area contributed by atoms with Crippen molar-refractivity contribution in [2.75, 3.05) is 11.9 Å². The van der Waals surface area contributed by atoms with Crippen LogP contribution in [0.5, 0.6) is 0 Å². The van der Waals surface area contributed by atoms with Crippen LogP contribution in [0.1, 0.15) is 25.0 Å². The Balaban J connectivity index is 2.21. The van der Waals surface area contributed by atoms with E-state index in [4.69, 9.17) is 5.26 Å². The lowest BCUT2D eigenvalue weighted by molar-refractivity contribution is 0.493. The molecule has 0 spiro atoms. The normalized spacial score (nSPS) is 14.2. The largest absolute Gasteiger partial charge is 0.384 e. The number of nitriles is 1. The molecule has 1 N–H and O–H groups in total. The Morgan fingerprint density at radius 1 is 1.47 bits per heavy atom. The fraction of sp³-hybridized carbons (Fsp3) is 0.462. The molecule has 0 saturated carbocycles. The van der Waals surface area contributed by atoms with Gasteiger partial charge in [-0.3, -0.25) is 0 Å². The van der Waals surface area contributed by atoms with Crippen molar-refractivity contribution in [1.82, 2.24) is 0 Å². The number of fused-ring (bicyclic) bond motifs is 1. The van der Waals surface area contributed by atoms with Crippen molar-refractivity contribution >= 4 is 5.69 Å². The molecule has 0 unspecified atom stereocenters. The molecule has 2 rings (SSSR count). The molecule has 2 heteroatoms. The van der Waals surface area contributed by atoms with Gasteiger partial charge in [0.2, 0.25) is 0 Å². The van der Waals surface area contributed by atoms with Crippen LogP contribution < -0.4 is 5.32 Å². The van der Waals surface area contributed by atoms with E-state index >= 15 is 0 Å². The van der Waals surface area contributed by atoms with Gasteiger partial charge >= 0.3 is 0 Å². The fourth-order valence-electron chi connectivity index (χ4n) is 2.02. The van der Waals surface area contributed by atoms with E-state index < -0.39 is 0 Å². The Hall–Kier alpha value is -1.49. The van der Waals surface area contributed by atoms with Gasteiger partial charge in [0.1, 0.15) is 0 Å². The predicted molar refractivity (Wildman–Crippen MR) is 61.7 cm³/mol. The van der Waals surface area contributed by atoms with Gasteiger partial charge in [0.25, 0.3) is 0 Å². The lowest BCUT2D eigenvalue weighted by Crippen LogP contribution is -2.11. The smallest absolute Gasteiger partial charge is 0.0687 e.